The van der Waals surface area contributed by atoms with E-state index in [-0.39, 0.29) is 5.91 Å². The van der Waals surface area contributed by atoms with Crippen molar-refractivity contribution in [1.82, 2.24) is 5.43 Å². The van der Waals surface area contributed by atoms with Crippen molar-refractivity contribution in [2.75, 3.05) is 0 Å². The van der Waals surface area contributed by atoms with Gasteiger partial charge in [-0.25, -0.2) is 5.43 Å². The highest BCUT2D eigenvalue weighted by Crippen LogP contribution is 2.17. The number of nitrogens with one attached hydrogen (secondary N) is 1. The minimum Gasteiger partial charge on any atom is -0.273 e. The molecule has 0 fully saturated rings. The summed E-state index contributed by atoms with van der Waals surface area (Å²) in [5, 5.41) is 4.17. The van der Waals surface area contributed by atoms with Gasteiger partial charge in [0.2, 0.25) is 5.91 Å². The highest BCUT2D eigenvalue weighted by Gasteiger charge is 2.04. The van der Waals surface area contributed by atoms with Crippen LogP contribution in [0.5, 0.6) is 0 Å². The molecule has 1 heterocycles. The number of carbonyl (C=O) groups excluding carboxylic acids is 1. The van der Waals surface area contributed by atoms with E-state index >= 15 is 0 Å². The molecule has 0 unspecified atom stereocenters. The second-order valence-electron chi connectivity index (χ2n) is 4.51. The van der Waals surface area contributed by atoms with E-state index in [0.29, 0.717) is 6.42 Å². The monoisotopic (exact) mass is 286 g/mol. The van der Waals surface area contributed by atoms with E-state index in [2.05, 4.69) is 23.5 Å². The van der Waals surface area contributed by atoms with E-state index in [9.17, 15) is 4.79 Å². The zero-order chi connectivity index (χ0) is 14.4. The Morgan fingerprint density at radius 2 is 1.95 bits per heavy atom. The number of nitrogens with zero attached hydrogens (tertiary/aromatic N) is 1. The third-order valence-electron chi connectivity index (χ3n) is 2.92. The molecule has 2 rings (SSSR count). The summed E-state index contributed by atoms with van der Waals surface area (Å²) in [6.07, 6.45) is 1.38. The SMILES string of the molecule is CCc1ccc(C(C)=NNC(=O)Cc2ccccc2)s1. The van der Waals surface area contributed by atoms with Crippen LogP contribution in [-0.2, 0) is 17.6 Å². The van der Waals surface area contributed by atoms with Gasteiger partial charge in [-0.05, 0) is 31.0 Å². The Labute approximate surface area is 123 Å². The van der Waals surface area contributed by atoms with Gasteiger partial charge in [0, 0.05) is 4.88 Å². The Bertz CT molecular complexity index is 602. The molecule has 0 radical (unpaired) electrons. The van der Waals surface area contributed by atoms with Crippen molar-refractivity contribution in [2.45, 2.75) is 26.7 Å². The lowest BCUT2D eigenvalue weighted by Crippen LogP contribution is -2.21. The number of rotatable bonds is 5. The van der Waals surface area contributed by atoms with Gasteiger partial charge in [0.1, 0.15) is 0 Å². The van der Waals surface area contributed by atoms with E-state index in [0.717, 1.165) is 22.6 Å². The topological polar surface area (TPSA) is 41.5 Å². The molecule has 0 spiro atoms. The van der Waals surface area contributed by atoms with Gasteiger partial charge in [0.15, 0.2) is 0 Å². The highest BCUT2D eigenvalue weighted by molar-refractivity contribution is 7.14. The molecule has 0 aliphatic carbocycles. The number of hydrogen-bond acceptors (Lipinski definition) is 3. The Hall–Kier alpha value is -1.94. The molecule has 1 aromatic heterocycles. The molecule has 0 aliphatic rings. The van der Waals surface area contributed by atoms with Gasteiger partial charge in [-0.1, -0.05) is 37.3 Å². The maximum atomic E-state index is 11.8. The fourth-order valence-corrected chi connectivity index (χ4v) is 2.68. The summed E-state index contributed by atoms with van der Waals surface area (Å²) in [5.41, 5.74) is 4.44. The minimum atomic E-state index is -0.0946. The average molecular weight is 286 g/mol. The predicted octanol–water partition coefficient (Wildman–Crippen LogP) is 3.39. The molecular weight excluding hydrogens is 268 g/mol. The van der Waals surface area contributed by atoms with Gasteiger partial charge in [-0.15, -0.1) is 11.3 Å². The number of hydrogen-bond donors (Lipinski definition) is 1. The molecule has 1 aromatic carbocycles. The first-order valence-corrected chi connectivity index (χ1v) is 7.47. The number of carbonyl (C=O) groups is 1. The molecule has 0 atom stereocenters. The fourth-order valence-electron chi connectivity index (χ4n) is 1.78. The zero-order valence-electron chi connectivity index (χ0n) is 11.7. The van der Waals surface area contributed by atoms with Crippen molar-refractivity contribution < 1.29 is 4.79 Å². The van der Waals surface area contributed by atoms with Crippen LogP contribution in [0.1, 0.15) is 29.2 Å². The van der Waals surface area contributed by atoms with Gasteiger partial charge < -0.3 is 0 Å². The summed E-state index contributed by atoms with van der Waals surface area (Å²) in [5.74, 6) is -0.0946. The summed E-state index contributed by atoms with van der Waals surface area (Å²) >= 11 is 1.71. The molecule has 1 N–H and O–H groups in total. The Morgan fingerprint density at radius 1 is 1.20 bits per heavy atom. The van der Waals surface area contributed by atoms with E-state index in [1.54, 1.807) is 11.3 Å². The largest absolute Gasteiger partial charge is 0.273 e. The van der Waals surface area contributed by atoms with Gasteiger partial charge in [-0.3, -0.25) is 4.79 Å². The lowest BCUT2D eigenvalue weighted by molar-refractivity contribution is -0.120. The summed E-state index contributed by atoms with van der Waals surface area (Å²) < 4.78 is 0. The first-order valence-electron chi connectivity index (χ1n) is 6.65. The quantitative estimate of drug-likeness (QED) is 0.664. The van der Waals surface area contributed by atoms with Crippen LogP contribution in [-0.4, -0.2) is 11.6 Å². The molecular formula is C16H18N2OS. The molecule has 4 heteroatoms. The van der Waals surface area contributed by atoms with Crippen LogP contribution in [0.15, 0.2) is 47.6 Å². The number of hydrazone groups is 1. The predicted molar refractivity (Wildman–Crippen MR) is 84.2 cm³/mol. The first-order chi connectivity index (χ1) is 9.69. The maximum absolute atomic E-state index is 11.8. The second-order valence-corrected chi connectivity index (χ2v) is 5.68. The third-order valence-corrected chi connectivity index (χ3v) is 4.26. The molecule has 1 amide bonds. The van der Waals surface area contributed by atoms with Crippen LogP contribution < -0.4 is 5.43 Å². The number of aryl methyl sites for hydroxylation is 1. The summed E-state index contributed by atoms with van der Waals surface area (Å²) in [4.78, 5) is 14.2. The van der Waals surface area contributed by atoms with Crippen molar-refractivity contribution in [1.29, 1.82) is 0 Å². The number of benzene rings is 1. The van der Waals surface area contributed by atoms with E-state index in [1.807, 2.05) is 43.3 Å². The van der Waals surface area contributed by atoms with Crippen LogP contribution in [0.3, 0.4) is 0 Å². The molecule has 0 bridgehead atoms. The van der Waals surface area contributed by atoms with Gasteiger partial charge in [-0.2, -0.15) is 5.10 Å². The molecule has 0 saturated heterocycles. The van der Waals surface area contributed by atoms with Crippen molar-refractivity contribution in [3.63, 3.8) is 0 Å². The Morgan fingerprint density at radius 3 is 2.60 bits per heavy atom. The minimum absolute atomic E-state index is 0.0946. The van der Waals surface area contributed by atoms with Crippen molar-refractivity contribution in [2.24, 2.45) is 5.10 Å². The first kappa shape index (κ1) is 14.5. The van der Waals surface area contributed by atoms with Crippen LogP contribution in [0.4, 0.5) is 0 Å². The average Bonchev–Trinajstić information content (AvgIpc) is 2.95. The van der Waals surface area contributed by atoms with Crippen molar-refractivity contribution >= 4 is 23.0 Å². The lowest BCUT2D eigenvalue weighted by Gasteiger charge is -2.01. The van der Waals surface area contributed by atoms with E-state index in [1.165, 1.54) is 4.88 Å². The molecule has 2 aromatic rings. The van der Waals surface area contributed by atoms with Crippen LogP contribution in [0.2, 0.25) is 0 Å². The van der Waals surface area contributed by atoms with Crippen LogP contribution >= 0.6 is 11.3 Å². The second kappa shape index (κ2) is 7.01. The van der Waals surface area contributed by atoms with Gasteiger partial charge >= 0.3 is 0 Å². The third kappa shape index (κ3) is 4.03. The highest BCUT2D eigenvalue weighted by atomic mass is 32.1. The van der Waals surface area contributed by atoms with Gasteiger partial charge in [0.25, 0.3) is 0 Å². The molecule has 0 saturated carbocycles. The summed E-state index contributed by atoms with van der Waals surface area (Å²) in [7, 11) is 0. The molecule has 20 heavy (non-hydrogen) atoms. The normalized spacial score (nSPS) is 11.4. The number of amides is 1. The number of thiophene rings is 1. The summed E-state index contributed by atoms with van der Waals surface area (Å²) in [6, 6.07) is 13.8. The van der Waals surface area contributed by atoms with Crippen molar-refractivity contribution in [3.05, 3.63) is 57.8 Å². The van der Waals surface area contributed by atoms with Crippen LogP contribution in [0, 0.1) is 0 Å². The van der Waals surface area contributed by atoms with Crippen LogP contribution in [0.25, 0.3) is 0 Å². The van der Waals surface area contributed by atoms with Crippen molar-refractivity contribution in [3.8, 4) is 0 Å². The molecule has 104 valence electrons. The van der Waals surface area contributed by atoms with E-state index < -0.39 is 0 Å². The molecule has 3 nitrogen and oxygen atoms in total. The Balaban J connectivity index is 1.93. The fraction of sp³-hybridized carbons (Fsp3) is 0.250. The maximum Gasteiger partial charge on any atom is 0.244 e. The smallest absolute Gasteiger partial charge is 0.244 e. The van der Waals surface area contributed by atoms with Gasteiger partial charge in [0.05, 0.1) is 17.0 Å². The van der Waals surface area contributed by atoms with E-state index in [4.69, 9.17) is 0 Å². The standard InChI is InChI=1S/C16H18N2OS/c1-3-14-9-10-15(20-14)12(2)17-18-16(19)11-13-7-5-4-6-8-13/h4-10H,3,11H2,1-2H3,(H,18,19). The summed E-state index contributed by atoms with van der Waals surface area (Å²) in [6.45, 7) is 4.04. The zero-order valence-corrected chi connectivity index (χ0v) is 12.5. The molecule has 0 aliphatic heterocycles. The lowest BCUT2D eigenvalue weighted by atomic mass is 10.1. The Kier molecular flexibility index (Phi) is 5.07.